The highest BCUT2D eigenvalue weighted by Gasteiger charge is 2.32. The van der Waals surface area contributed by atoms with E-state index < -0.39 is 27.8 Å². The van der Waals surface area contributed by atoms with Gasteiger partial charge in [0.15, 0.2) is 9.84 Å². The summed E-state index contributed by atoms with van der Waals surface area (Å²) in [7, 11) is -3.07. The maximum atomic E-state index is 13.0. The predicted molar refractivity (Wildman–Crippen MR) is 111 cm³/mol. The van der Waals surface area contributed by atoms with Crippen molar-refractivity contribution in [3.8, 4) is 0 Å². The zero-order valence-corrected chi connectivity index (χ0v) is 17.4. The van der Waals surface area contributed by atoms with Gasteiger partial charge in [-0.15, -0.1) is 0 Å². The maximum Gasteiger partial charge on any atom is 0.307 e. The summed E-state index contributed by atoms with van der Waals surface area (Å²) in [6.45, 7) is 3.82. The van der Waals surface area contributed by atoms with Crippen LogP contribution in [0.1, 0.15) is 35.6 Å². The van der Waals surface area contributed by atoms with Crippen molar-refractivity contribution in [1.82, 2.24) is 0 Å². The highest BCUT2D eigenvalue weighted by molar-refractivity contribution is 7.91. The van der Waals surface area contributed by atoms with Gasteiger partial charge in [0.1, 0.15) is 0 Å². The first-order chi connectivity index (χ1) is 13.7. The molecule has 0 unspecified atom stereocenters. The Morgan fingerprint density at radius 3 is 2.52 bits per heavy atom. The fourth-order valence-corrected chi connectivity index (χ4v) is 5.28. The molecular weight excluding hydrogens is 390 g/mol. The highest BCUT2D eigenvalue weighted by atomic mass is 32.2. The quantitative estimate of drug-likeness (QED) is 0.731. The number of sulfone groups is 1. The lowest BCUT2D eigenvalue weighted by Crippen LogP contribution is -2.27. The Balaban J connectivity index is 1.75. The molecule has 2 aromatic rings. The lowest BCUT2D eigenvalue weighted by molar-refractivity contribution is -0.155. The normalized spacial score (nSPS) is 18.8. The molecule has 1 aliphatic rings. The molecule has 0 spiro atoms. The Bertz CT molecular complexity index is 1000. The number of esters is 1. The van der Waals surface area contributed by atoms with Gasteiger partial charge < -0.3 is 10.1 Å². The SMILES string of the molecule is Cc1ccc(C)c(NC(=O)[C@H](OC(=O)C[C@@H]2CCS(=O)(=O)C2)c2ccccc2)c1. The minimum atomic E-state index is -3.07. The average Bonchev–Trinajstić information content (AvgIpc) is 3.01. The number of amides is 1. The Labute approximate surface area is 171 Å². The minimum absolute atomic E-state index is 0.00716. The molecule has 1 heterocycles. The Morgan fingerprint density at radius 1 is 1.14 bits per heavy atom. The molecule has 29 heavy (non-hydrogen) atoms. The van der Waals surface area contributed by atoms with E-state index in [1.165, 1.54) is 0 Å². The van der Waals surface area contributed by atoms with Crippen LogP contribution in [0.2, 0.25) is 0 Å². The van der Waals surface area contributed by atoms with E-state index >= 15 is 0 Å². The van der Waals surface area contributed by atoms with Crippen LogP contribution in [0, 0.1) is 19.8 Å². The molecule has 0 aliphatic carbocycles. The third-order valence-corrected chi connectivity index (χ3v) is 6.86. The number of rotatable bonds is 6. The second kappa shape index (κ2) is 8.78. The fraction of sp³-hybridized carbons (Fsp3) is 0.364. The molecule has 2 atom stereocenters. The first-order valence-electron chi connectivity index (χ1n) is 9.56. The standard InChI is InChI=1S/C22H25NO5S/c1-15-8-9-16(2)19(12-15)23-22(25)21(18-6-4-3-5-7-18)28-20(24)13-17-10-11-29(26,27)14-17/h3-9,12,17,21H,10-11,13-14H2,1-2H3,(H,23,25)/t17-,21+/m0/s1. The summed E-state index contributed by atoms with van der Waals surface area (Å²) in [6, 6.07) is 14.5. The molecule has 0 saturated carbocycles. The van der Waals surface area contributed by atoms with E-state index in [0.29, 0.717) is 17.7 Å². The summed E-state index contributed by atoms with van der Waals surface area (Å²) in [5, 5.41) is 2.85. The summed E-state index contributed by atoms with van der Waals surface area (Å²) in [4.78, 5) is 25.4. The van der Waals surface area contributed by atoms with Crippen molar-refractivity contribution in [2.75, 3.05) is 16.8 Å². The average molecular weight is 416 g/mol. The topological polar surface area (TPSA) is 89.5 Å². The van der Waals surface area contributed by atoms with Crippen molar-refractivity contribution in [2.24, 2.45) is 5.92 Å². The van der Waals surface area contributed by atoms with Gasteiger partial charge in [-0.05, 0) is 43.4 Å². The van der Waals surface area contributed by atoms with E-state index in [-0.39, 0.29) is 23.8 Å². The van der Waals surface area contributed by atoms with Crippen LogP contribution in [0.15, 0.2) is 48.5 Å². The molecule has 2 aromatic carbocycles. The minimum Gasteiger partial charge on any atom is -0.447 e. The largest absolute Gasteiger partial charge is 0.447 e. The van der Waals surface area contributed by atoms with Crippen molar-refractivity contribution >= 4 is 27.4 Å². The predicted octanol–water partition coefficient (Wildman–Crippen LogP) is 3.35. The Kier molecular flexibility index (Phi) is 6.37. The van der Waals surface area contributed by atoms with Crippen LogP contribution in [0.4, 0.5) is 5.69 Å². The number of carbonyl (C=O) groups excluding carboxylic acids is 2. The summed E-state index contributed by atoms with van der Waals surface area (Å²) in [5.74, 6) is -1.19. The smallest absolute Gasteiger partial charge is 0.307 e. The number of carbonyl (C=O) groups is 2. The van der Waals surface area contributed by atoms with Gasteiger partial charge in [0.05, 0.1) is 11.5 Å². The molecule has 0 aromatic heterocycles. The van der Waals surface area contributed by atoms with Crippen LogP contribution in [0.3, 0.4) is 0 Å². The number of benzene rings is 2. The molecule has 1 amide bonds. The first kappa shape index (κ1) is 21.0. The van der Waals surface area contributed by atoms with Gasteiger partial charge in [-0.25, -0.2) is 8.42 Å². The molecule has 1 N–H and O–H groups in total. The number of nitrogens with one attached hydrogen (secondary N) is 1. The summed E-state index contributed by atoms with van der Waals surface area (Å²) in [5.41, 5.74) is 3.12. The molecule has 1 saturated heterocycles. The van der Waals surface area contributed by atoms with Gasteiger partial charge in [0.25, 0.3) is 5.91 Å². The van der Waals surface area contributed by atoms with Crippen LogP contribution in [-0.2, 0) is 24.2 Å². The van der Waals surface area contributed by atoms with E-state index in [2.05, 4.69) is 5.32 Å². The monoisotopic (exact) mass is 415 g/mol. The van der Waals surface area contributed by atoms with E-state index in [9.17, 15) is 18.0 Å². The van der Waals surface area contributed by atoms with Crippen LogP contribution < -0.4 is 5.32 Å². The first-order valence-corrected chi connectivity index (χ1v) is 11.4. The molecule has 1 aliphatic heterocycles. The van der Waals surface area contributed by atoms with E-state index in [1.807, 2.05) is 38.1 Å². The van der Waals surface area contributed by atoms with Crippen LogP contribution in [0.5, 0.6) is 0 Å². The van der Waals surface area contributed by atoms with Gasteiger partial charge >= 0.3 is 5.97 Å². The molecule has 6 nitrogen and oxygen atoms in total. The molecule has 0 radical (unpaired) electrons. The van der Waals surface area contributed by atoms with Gasteiger partial charge in [0.2, 0.25) is 6.10 Å². The van der Waals surface area contributed by atoms with Gasteiger partial charge in [0, 0.05) is 17.7 Å². The third-order valence-electron chi connectivity index (χ3n) is 5.02. The van der Waals surface area contributed by atoms with E-state index in [1.54, 1.807) is 24.3 Å². The van der Waals surface area contributed by atoms with Gasteiger partial charge in [-0.3, -0.25) is 9.59 Å². The molecule has 3 rings (SSSR count). The molecule has 154 valence electrons. The summed E-state index contributed by atoms with van der Waals surface area (Å²) >= 11 is 0. The zero-order chi connectivity index (χ0) is 21.0. The number of hydrogen-bond donors (Lipinski definition) is 1. The van der Waals surface area contributed by atoms with Crippen LogP contribution in [-0.4, -0.2) is 31.8 Å². The summed E-state index contributed by atoms with van der Waals surface area (Å²) < 4.78 is 28.8. The van der Waals surface area contributed by atoms with Crippen molar-refractivity contribution in [1.29, 1.82) is 0 Å². The fourth-order valence-electron chi connectivity index (χ4n) is 3.42. The highest BCUT2D eigenvalue weighted by Crippen LogP contribution is 2.26. The van der Waals surface area contributed by atoms with Crippen molar-refractivity contribution in [2.45, 2.75) is 32.8 Å². The number of anilines is 1. The second-order valence-corrected chi connectivity index (χ2v) is 9.79. The molecular formula is C22H25NO5S. The third kappa shape index (κ3) is 5.67. The zero-order valence-electron chi connectivity index (χ0n) is 16.6. The van der Waals surface area contributed by atoms with Crippen molar-refractivity contribution in [3.63, 3.8) is 0 Å². The van der Waals surface area contributed by atoms with Gasteiger partial charge in [-0.2, -0.15) is 0 Å². The van der Waals surface area contributed by atoms with Crippen molar-refractivity contribution in [3.05, 3.63) is 65.2 Å². The summed E-state index contributed by atoms with van der Waals surface area (Å²) in [6.07, 6.45) is -0.678. The Morgan fingerprint density at radius 2 is 1.86 bits per heavy atom. The van der Waals surface area contributed by atoms with Crippen LogP contribution >= 0.6 is 0 Å². The maximum absolute atomic E-state index is 13.0. The lowest BCUT2D eigenvalue weighted by Gasteiger charge is -2.20. The molecule has 1 fully saturated rings. The van der Waals surface area contributed by atoms with E-state index in [0.717, 1.165) is 11.1 Å². The number of hydrogen-bond acceptors (Lipinski definition) is 5. The van der Waals surface area contributed by atoms with E-state index in [4.69, 9.17) is 4.74 Å². The van der Waals surface area contributed by atoms with Crippen molar-refractivity contribution < 1.29 is 22.7 Å². The number of aryl methyl sites for hydroxylation is 2. The second-order valence-electron chi connectivity index (χ2n) is 7.56. The van der Waals surface area contributed by atoms with Gasteiger partial charge in [-0.1, -0.05) is 42.5 Å². The van der Waals surface area contributed by atoms with Crippen LogP contribution in [0.25, 0.3) is 0 Å². The Hall–Kier alpha value is -2.67. The molecule has 7 heteroatoms. The number of ether oxygens (including phenoxy) is 1. The molecule has 0 bridgehead atoms. The lowest BCUT2D eigenvalue weighted by atomic mass is 10.0.